The molecule has 0 aliphatic carbocycles. The first-order valence-corrected chi connectivity index (χ1v) is 7.69. The van der Waals surface area contributed by atoms with Gasteiger partial charge in [-0.05, 0) is 41.5 Å². The van der Waals surface area contributed by atoms with Gasteiger partial charge in [-0.2, -0.15) is 0 Å². The lowest BCUT2D eigenvalue weighted by molar-refractivity contribution is -0.121. The molecule has 3 amide bonds. The topological polar surface area (TPSA) is 58.6 Å². The SMILES string of the molecule is CN1C(=O)NC(=Cc2ccc(OCc3ccc(Cl)cc3)cc2)C1=O. The third kappa shape index (κ3) is 3.58. The van der Waals surface area contributed by atoms with Crippen LogP contribution in [0.4, 0.5) is 4.79 Å². The molecule has 1 saturated heterocycles. The summed E-state index contributed by atoms with van der Waals surface area (Å²) in [6.45, 7) is 0.441. The second-order valence-corrected chi connectivity index (χ2v) is 5.77. The molecule has 0 aromatic heterocycles. The molecule has 0 saturated carbocycles. The normalized spacial score (nSPS) is 15.8. The van der Waals surface area contributed by atoms with Crippen molar-refractivity contribution in [3.05, 3.63) is 70.4 Å². The van der Waals surface area contributed by atoms with Crippen LogP contribution in [0, 0.1) is 0 Å². The fraction of sp³-hybridized carbons (Fsp3) is 0.111. The van der Waals surface area contributed by atoms with Gasteiger partial charge in [-0.25, -0.2) is 4.79 Å². The van der Waals surface area contributed by atoms with Gasteiger partial charge in [0.1, 0.15) is 18.1 Å². The average Bonchev–Trinajstić information content (AvgIpc) is 2.83. The fourth-order valence-corrected chi connectivity index (χ4v) is 2.32. The Hall–Kier alpha value is -2.79. The molecule has 1 N–H and O–H groups in total. The third-order valence-electron chi connectivity index (χ3n) is 3.59. The quantitative estimate of drug-likeness (QED) is 0.684. The van der Waals surface area contributed by atoms with Crippen LogP contribution < -0.4 is 10.1 Å². The van der Waals surface area contributed by atoms with Gasteiger partial charge < -0.3 is 10.1 Å². The molecule has 0 radical (unpaired) electrons. The number of nitrogens with zero attached hydrogens (tertiary/aromatic N) is 1. The molecule has 0 spiro atoms. The van der Waals surface area contributed by atoms with Gasteiger partial charge in [-0.3, -0.25) is 9.69 Å². The first-order valence-electron chi connectivity index (χ1n) is 7.31. The van der Waals surface area contributed by atoms with Crippen LogP contribution in [0.15, 0.2) is 54.2 Å². The Kier molecular flexibility index (Phi) is 4.53. The van der Waals surface area contributed by atoms with E-state index < -0.39 is 6.03 Å². The van der Waals surface area contributed by atoms with E-state index in [9.17, 15) is 9.59 Å². The lowest BCUT2D eigenvalue weighted by Crippen LogP contribution is -2.25. The maximum absolute atomic E-state index is 11.8. The molecular weight excluding hydrogens is 328 g/mol. The molecule has 0 unspecified atom stereocenters. The van der Waals surface area contributed by atoms with E-state index in [0.29, 0.717) is 17.4 Å². The minimum atomic E-state index is -0.422. The van der Waals surface area contributed by atoms with Crippen LogP contribution in [0.1, 0.15) is 11.1 Å². The highest BCUT2D eigenvalue weighted by molar-refractivity contribution is 6.30. The number of imide groups is 1. The highest BCUT2D eigenvalue weighted by Gasteiger charge is 2.29. The van der Waals surface area contributed by atoms with Crippen molar-refractivity contribution in [2.45, 2.75) is 6.61 Å². The summed E-state index contributed by atoms with van der Waals surface area (Å²) in [5.74, 6) is 0.370. The Labute approximate surface area is 144 Å². The molecule has 5 nitrogen and oxygen atoms in total. The van der Waals surface area contributed by atoms with Crippen molar-refractivity contribution in [3.63, 3.8) is 0 Å². The number of rotatable bonds is 4. The number of benzene rings is 2. The molecule has 1 fully saturated rings. The molecular formula is C18H15ClN2O3. The predicted octanol–water partition coefficient (Wildman–Crippen LogP) is 3.44. The molecule has 2 aromatic rings. The van der Waals surface area contributed by atoms with Crippen LogP contribution in [0.2, 0.25) is 5.02 Å². The highest BCUT2D eigenvalue weighted by atomic mass is 35.5. The first-order chi connectivity index (χ1) is 11.5. The molecule has 24 heavy (non-hydrogen) atoms. The number of nitrogens with one attached hydrogen (secondary N) is 1. The van der Waals surface area contributed by atoms with Gasteiger partial charge in [-0.15, -0.1) is 0 Å². The van der Waals surface area contributed by atoms with Gasteiger partial charge in [0, 0.05) is 12.1 Å². The van der Waals surface area contributed by atoms with Crippen LogP contribution in [-0.4, -0.2) is 23.9 Å². The molecule has 6 heteroatoms. The molecule has 0 atom stereocenters. The monoisotopic (exact) mass is 342 g/mol. The number of likely N-dealkylation sites (N-methyl/N-ethyl adjacent to an activating group) is 1. The summed E-state index contributed by atoms with van der Waals surface area (Å²) in [7, 11) is 1.44. The van der Waals surface area contributed by atoms with Crippen LogP contribution in [-0.2, 0) is 11.4 Å². The molecule has 1 aliphatic heterocycles. The number of hydrogen-bond donors (Lipinski definition) is 1. The zero-order valence-corrected chi connectivity index (χ0v) is 13.7. The van der Waals surface area contributed by atoms with Crippen molar-refractivity contribution in [2.24, 2.45) is 0 Å². The number of carbonyl (C=O) groups is 2. The van der Waals surface area contributed by atoms with E-state index in [2.05, 4.69) is 5.32 Å². The fourth-order valence-electron chi connectivity index (χ4n) is 2.20. The predicted molar refractivity (Wildman–Crippen MR) is 91.5 cm³/mol. The van der Waals surface area contributed by atoms with E-state index in [-0.39, 0.29) is 11.6 Å². The van der Waals surface area contributed by atoms with Gasteiger partial charge in [0.25, 0.3) is 5.91 Å². The minimum absolute atomic E-state index is 0.261. The second-order valence-electron chi connectivity index (χ2n) is 5.34. The van der Waals surface area contributed by atoms with E-state index in [1.807, 2.05) is 48.5 Å². The molecule has 122 valence electrons. The Bertz CT molecular complexity index is 798. The summed E-state index contributed by atoms with van der Waals surface area (Å²) >= 11 is 5.84. The summed E-state index contributed by atoms with van der Waals surface area (Å²) in [5.41, 5.74) is 2.08. The average molecular weight is 343 g/mol. The van der Waals surface area contributed by atoms with E-state index in [4.69, 9.17) is 16.3 Å². The van der Waals surface area contributed by atoms with Crippen molar-refractivity contribution in [1.82, 2.24) is 10.2 Å². The Morgan fingerprint density at radius 1 is 1.08 bits per heavy atom. The highest BCUT2D eigenvalue weighted by Crippen LogP contribution is 2.18. The first kappa shape index (κ1) is 16.1. The van der Waals surface area contributed by atoms with Crippen molar-refractivity contribution in [2.75, 3.05) is 7.05 Å². The lowest BCUT2D eigenvalue weighted by atomic mass is 10.2. The Morgan fingerprint density at radius 2 is 1.75 bits per heavy atom. The van der Waals surface area contributed by atoms with Gasteiger partial charge in [0.05, 0.1) is 0 Å². The van der Waals surface area contributed by atoms with Gasteiger partial charge in [-0.1, -0.05) is 35.9 Å². The van der Waals surface area contributed by atoms with Crippen LogP contribution >= 0.6 is 11.6 Å². The number of amides is 3. The smallest absolute Gasteiger partial charge is 0.328 e. The van der Waals surface area contributed by atoms with Gasteiger partial charge >= 0.3 is 6.03 Å². The molecule has 1 aliphatic rings. The maximum atomic E-state index is 11.8. The molecule has 3 rings (SSSR count). The Morgan fingerprint density at radius 3 is 2.33 bits per heavy atom. The summed E-state index contributed by atoms with van der Waals surface area (Å²) in [6.07, 6.45) is 1.63. The van der Waals surface area contributed by atoms with Gasteiger partial charge in [0.15, 0.2) is 0 Å². The number of urea groups is 1. The van der Waals surface area contributed by atoms with Crippen molar-refractivity contribution in [1.29, 1.82) is 0 Å². The largest absolute Gasteiger partial charge is 0.489 e. The van der Waals surface area contributed by atoms with Crippen molar-refractivity contribution < 1.29 is 14.3 Å². The summed E-state index contributed by atoms with van der Waals surface area (Å²) in [4.78, 5) is 24.3. The van der Waals surface area contributed by atoms with E-state index in [1.54, 1.807) is 6.08 Å². The van der Waals surface area contributed by atoms with Gasteiger partial charge in [0.2, 0.25) is 0 Å². The molecule has 0 bridgehead atoms. The third-order valence-corrected chi connectivity index (χ3v) is 3.84. The standard InChI is InChI=1S/C18H15ClN2O3/c1-21-17(22)16(20-18(21)23)10-12-4-8-15(9-5-12)24-11-13-2-6-14(19)7-3-13/h2-10H,11H2,1H3,(H,20,23). The zero-order chi connectivity index (χ0) is 17.1. The van der Waals surface area contributed by atoms with Crippen molar-refractivity contribution in [3.8, 4) is 5.75 Å². The summed E-state index contributed by atoms with van der Waals surface area (Å²) < 4.78 is 5.70. The zero-order valence-electron chi connectivity index (χ0n) is 13.0. The van der Waals surface area contributed by atoms with Crippen LogP contribution in [0.5, 0.6) is 5.75 Å². The van der Waals surface area contributed by atoms with E-state index in [0.717, 1.165) is 16.0 Å². The van der Waals surface area contributed by atoms with Crippen molar-refractivity contribution >= 4 is 29.6 Å². The lowest BCUT2D eigenvalue weighted by Gasteiger charge is -2.07. The molecule has 1 heterocycles. The number of ether oxygens (including phenoxy) is 1. The summed E-state index contributed by atoms with van der Waals surface area (Å²) in [5, 5.41) is 3.21. The summed E-state index contributed by atoms with van der Waals surface area (Å²) in [6, 6.07) is 14.3. The van der Waals surface area contributed by atoms with E-state index >= 15 is 0 Å². The minimum Gasteiger partial charge on any atom is -0.489 e. The van der Waals surface area contributed by atoms with Crippen LogP contribution in [0.3, 0.4) is 0 Å². The Balaban J connectivity index is 1.64. The number of halogens is 1. The van der Waals surface area contributed by atoms with E-state index in [1.165, 1.54) is 7.05 Å². The van der Waals surface area contributed by atoms with Crippen LogP contribution in [0.25, 0.3) is 6.08 Å². The number of carbonyl (C=O) groups excluding carboxylic acids is 2. The molecule has 2 aromatic carbocycles. The number of hydrogen-bond acceptors (Lipinski definition) is 3. The second kappa shape index (κ2) is 6.76. The maximum Gasteiger partial charge on any atom is 0.328 e.